The number of nitrogens with one attached hydrogen (secondary N) is 1. The van der Waals surface area contributed by atoms with Gasteiger partial charge in [-0.15, -0.1) is 0 Å². The quantitative estimate of drug-likeness (QED) is 0.842. The first kappa shape index (κ1) is 18.2. The molecule has 1 aliphatic rings. The maximum absolute atomic E-state index is 12.2. The normalized spacial score (nSPS) is 16.3. The second kappa shape index (κ2) is 7.59. The molecule has 1 saturated carbocycles. The van der Waals surface area contributed by atoms with E-state index in [1.807, 2.05) is 13.1 Å². The number of hydrogen-bond donors (Lipinski definition) is 1. The van der Waals surface area contributed by atoms with Gasteiger partial charge >= 0.3 is 0 Å². The van der Waals surface area contributed by atoms with Crippen molar-refractivity contribution >= 4 is 33.0 Å². The van der Waals surface area contributed by atoms with E-state index in [9.17, 15) is 8.42 Å². The Morgan fingerprint density at radius 2 is 1.83 bits per heavy atom. The molecule has 0 bridgehead atoms. The van der Waals surface area contributed by atoms with Crippen molar-refractivity contribution in [3.8, 4) is 0 Å². The summed E-state index contributed by atoms with van der Waals surface area (Å²) >= 11 is 5.48. The Labute approximate surface area is 144 Å². The van der Waals surface area contributed by atoms with Crippen molar-refractivity contribution in [2.75, 3.05) is 26.5 Å². The van der Waals surface area contributed by atoms with E-state index in [1.165, 1.54) is 37.7 Å². The lowest BCUT2D eigenvalue weighted by Crippen LogP contribution is -2.40. The summed E-state index contributed by atoms with van der Waals surface area (Å²) in [7, 11) is 1.62. The van der Waals surface area contributed by atoms with Gasteiger partial charge in [0.15, 0.2) is 5.11 Å². The lowest BCUT2D eigenvalue weighted by molar-refractivity contribution is 0.281. The van der Waals surface area contributed by atoms with Crippen LogP contribution in [-0.2, 0) is 10.0 Å². The molecule has 0 heterocycles. The molecule has 1 aromatic rings. The van der Waals surface area contributed by atoms with E-state index in [0.717, 1.165) is 12.8 Å². The topological polar surface area (TPSA) is 52.7 Å². The molecule has 5 nitrogen and oxygen atoms in total. The van der Waals surface area contributed by atoms with Gasteiger partial charge in [0.1, 0.15) is 0 Å². The second-order valence-electron chi connectivity index (χ2n) is 6.15. The SMILES string of the molecule is CN(C(=S)Nc1cccc(S(=O)(=O)N(C)C)c1)C1CCCCC1. The van der Waals surface area contributed by atoms with Gasteiger partial charge in [-0.2, -0.15) is 0 Å². The summed E-state index contributed by atoms with van der Waals surface area (Å²) < 4.78 is 25.6. The monoisotopic (exact) mass is 355 g/mol. The molecule has 1 aliphatic carbocycles. The van der Waals surface area contributed by atoms with Crippen LogP contribution in [0.3, 0.4) is 0 Å². The predicted molar refractivity (Wildman–Crippen MR) is 98.2 cm³/mol. The average Bonchev–Trinajstić information content (AvgIpc) is 2.55. The van der Waals surface area contributed by atoms with Crippen LogP contribution in [0.4, 0.5) is 5.69 Å². The third-order valence-electron chi connectivity index (χ3n) is 4.31. The van der Waals surface area contributed by atoms with Crippen molar-refractivity contribution in [2.45, 2.75) is 43.0 Å². The highest BCUT2D eigenvalue weighted by Crippen LogP contribution is 2.23. The highest BCUT2D eigenvalue weighted by atomic mass is 32.2. The van der Waals surface area contributed by atoms with E-state index in [1.54, 1.807) is 18.2 Å². The zero-order chi connectivity index (χ0) is 17.0. The number of nitrogens with zero attached hydrogens (tertiary/aromatic N) is 2. The number of benzene rings is 1. The van der Waals surface area contributed by atoms with Crippen LogP contribution in [-0.4, -0.2) is 49.9 Å². The van der Waals surface area contributed by atoms with Gasteiger partial charge in [-0.25, -0.2) is 12.7 Å². The molecular weight excluding hydrogens is 330 g/mol. The molecule has 0 saturated heterocycles. The fraction of sp³-hybridized carbons (Fsp3) is 0.562. The summed E-state index contributed by atoms with van der Waals surface area (Å²) in [5.74, 6) is 0. The fourth-order valence-corrected chi connectivity index (χ4v) is 4.01. The summed E-state index contributed by atoms with van der Waals surface area (Å²) in [4.78, 5) is 2.36. The van der Waals surface area contributed by atoms with Crippen molar-refractivity contribution in [1.82, 2.24) is 9.21 Å². The van der Waals surface area contributed by atoms with Crippen LogP contribution in [0.25, 0.3) is 0 Å². The molecule has 0 aromatic heterocycles. The van der Waals surface area contributed by atoms with Crippen molar-refractivity contribution in [2.24, 2.45) is 0 Å². The van der Waals surface area contributed by atoms with Gasteiger partial charge in [0.05, 0.1) is 4.90 Å². The molecule has 2 rings (SSSR count). The summed E-state index contributed by atoms with van der Waals surface area (Å²) in [6, 6.07) is 7.24. The Morgan fingerprint density at radius 1 is 1.17 bits per heavy atom. The van der Waals surface area contributed by atoms with Gasteiger partial charge in [0.2, 0.25) is 10.0 Å². The molecular formula is C16H25N3O2S2. The van der Waals surface area contributed by atoms with Gasteiger partial charge < -0.3 is 10.2 Å². The highest BCUT2D eigenvalue weighted by molar-refractivity contribution is 7.89. The zero-order valence-corrected chi connectivity index (χ0v) is 15.6. The lowest BCUT2D eigenvalue weighted by Gasteiger charge is -2.33. The predicted octanol–water partition coefficient (Wildman–Crippen LogP) is 2.90. The highest BCUT2D eigenvalue weighted by Gasteiger charge is 2.21. The molecule has 0 atom stereocenters. The number of sulfonamides is 1. The summed E-state index contributed by atoms with van der Waals surface area (Å²) in [5.41, 5.74) is 0.695. The van der Waals surface area contributed by atoms with E-state index in [2.05, 4.69) is 10.2 Å². The first-order valence-electron chi connectivity index (χ1n) is 7.89. The Bertz CT molecular complexity index is 653. The molecule has 0 radical (unpaired) electrons. The smallest absolute Gasteiger partial charge is 0.242 e. The van der Waals surface area contributed by atoms with Gasteiger partial charge in [-0.3, -0.25) is 0 Å². The van der Waals surface area contributed by atoms with Crippen molar-refractivity contribution in [1.29, 1.82) is 0 Å². The van der Waals surface area contributed by atoms with Gasteiger partial charge in [0.25, 0.3) is 0 Å². The molecule has 128 valence electrons. The fourth-order valence-electron chi connectivity index (χ4n) is 2.79. The molecule has 23 heavy (non-hydrogen) atoms. The molecule has 0 amide bonds. The maximum Gasteiger partial charge on any atom is 0.242 e. The van der Waals surface area contributed by atoms with Crippen LogP contribution in [0.1, 0.15) is 32.1 Å². The minimum Gasteiger partial charge on any atom is -0.349 e. The molecule has 0 spiro atoms. The average molecular weight is 356 g/mol. The van der Waals surface area contributed by atoms with Gasteiger partial charge in [0, 0.05) is 32.9 Å². The minimum absolute atomic E-state index is 0.260. The van der Waals surface area contributed by atoms with Crippen molar-refractivity contribution < 1.29 is 8.42 Å². The summed E-state index contributed by atoms with van der Waals surface area (Å²) in [6.07, 6.45) is 6.11. The third-order valence-corrected chi connectivity index (χ3v) is 6.51. The molecule has 1 N–H and O–H groups in total. The number of thiocarbonyl (C=S) groups is 1. The summed E-state index contributed by atoms with van der Waals surface area (Å²) in [5, 5.41) is 3.80. The minimum atomic E-state index is -3.44. The molecule has 1 fully saturated rings. The number of hydrogen-bond acceptors (Lipinski definition) is 3. The van der Waals surface area contributed by atoms with Crippen molar-refractivity contribution in [3.05, 3.63) is 24.3 Å². The molecule has 7 heteroatoms. The number of rotatable bonds is 4. The number of anilines is 1. The van der Waals surface area contributed by atoms with E-state index in [4.69, 9.17) is 12.2 Å². The molecule has 0 aliphatic heterocycles. The summed E-state index contributed by atoms with van der Waals surface area (Å²) in [6.45, 7) is 0. The van der Waals surface area contributed by atoms with Gasteiger partial charge in [-0.1, -0.05) is 25.3 Å². The third kappa shape index (κ3) is 4.43. The van der Waals surface area contributed by atoms with Crippen LogP contribution in [0.5, 0.6) is 0 Å². The lowest BCUT2D eigenvalue weighted by atomic mass is 9.95. The zero-order valence-electron chi connectivity index (χ0n) is 13.9. The first-order chi connectivity index (χ1) is 10.8. The van der Waals surface area contributed by atoms with Crippen LogP contribution >= 0.6 is 12.2 Å². The van der Waals surface area contributed by atoms with Crippen molar-refractivity contribution in [3.63, 3.8) is 0 Å². The molecule has 1 aromatic carbocycles. The van der Waals surface area contributed by atoms with E-state index in [0.29, 0.717) is 16.8 Å². The molecule has 0 unspecified atom stereocenters. The van der Waals surface area contributed by atoms with Crippen LogP contribution in [0.2, 0.25) is 0 Å². The van der Waals surface area contributed by atoms with E-state index in [-0.39, 0.29) is 4.90 Å². The van der Waals surface area contributed by atoms with E-state index < -0.39 is 10.0 Å². The Hall–Kier alpha value is -1.18. The Kier molecular flexibility index (Phi) is 6.00. The van der Waals surface area contributed by atoms with Crippen LogP contribution in [0, 0.1) is 0 Å². The standard InChI is InChI=1S/C16H25N3O2S2/c1-18(2)23(20,21)15-11-7-8-13(12-15)17-16(22)19(3)14-9-5-4-6-10-14/h7-8,11-12,14H,4-6,9-10H2,1-3H3,(H,17,22). The van der Waals surface area contributed by atoms with Crippen LogP contribution in [0.15, 0.2) is 29.2 Å². The second-order valence-corrected chi connectivity index (χ2v) is 8.69. The van der Waals surface area contributed by atoms with Gasteiger partial charge in [-0.05, 0) is 43.3 Å². The Balaban J connectivity index is 2.09. The Morgan fingerprint density at radius 3 is 2.43 bits per heavy atom. The largest absolute Gasteiger partial charge is 0.349 e. The first-order valence-corrected chi connectivity index (χ1v) is 9.73. The van der Waals surface area contributed by atoms with E-state index >= 15 is 0 Å². The maximum atomic E-state index is 12.2. The van der Waals surface area contributed by atoms with Crippen LogP contribution < -0.4 is 5.32 Å².